The fourth-order valence-corrected chi connectivity index (χ4v) is 2.56. The number of nitrogens with one attached hydrogen (secondary N) is 1. The molecular weight excluding hydrogens is 276 g/mol. The molecule has 1 aromatic carbocycles. The number of benzene rings is 1. The lowest BCUT2D eigenvalue weighted by molar-refractivity contribution is 0.125. The molecule has 0 radical (unpaired) electrons. The van der Waals surface area contributed by atoms with Gasteiger partial charge in [0.15, 0.2) is 0 Å². The second-order valence-corrected chi connectivity index (χ2v) is 7.08. The third-order valence-electron chi connectivity index (χ3n) is 3.65. The van der Waals surface area contributed by atoms with Crippen LogP contribution in [0.1, 0.15) is 46.6 Å². The van der Waals surface area contributed by atoms with Gasteiger partial charge in [-0.15, -0.1) is 0 Å². The maximum Gasteiger partial charge on any atom is 0.317 e. The van der Waals surface area contributed by atoms with Crippen LogP contribution in [0, 0.1) is 5.41 Å². The van der Waals surface area contributed by atoms with Gasteiger partial charge in [-0.2, -0.15) is 0 Å². The van der Waals surface area contributed by atoms with Crippen molar-refractivity contribution in [1.82, 2.24) is 10.2 Å². The monoisotopic (exact) mass is 306 g/mol. The van der Waals surface area contributed by atoms with E-state index < -0.39 is 0 Å². The van der Waals surface area contributed by atoms with Crippen LogP contribution in [-0.2, 0) is 6.54 Å². The molecule has 0 saturated carbocycles. The minimum Gasteiger partial charge on any atom is -0.393 e. The van der Waals surface area contributed by atoms with E-state index >= 15 is 0 Å². The average molecular weight is 306 g/mol. The van der Waals surface area contributed by atoms with E-state index in [1.807, 2.05) is 49.1 Å². The van der Waals surface area contributed by atoms with Crippen molar-refractivity contribution in [3.05, 3.63) is 35.9 Å². The number of hydrogen-bond acceptors (Lipinski definition) is 2. The first-order valence-electron chi connectivity index (χ1n) is 7.98. The SMILES string of the molecule is CC(O)CC(C)(C)CNC(=O)N(Cc1ccccc1)C(C)C. The van der Waals surface area contributed by atoms with Crippen molar-refractivity contribution in [1.29, 1.82) is 0 Å². The predicted molar refractivity (Wildman–Crippen MR) is 90.6 cm³/mol. The summed E-state index contributed by atoms with van der Waals surface area (Å²) in [5, 5.41) is 12.5. The van der Waals surface area contributed by atoms with Crippen LogP contribution in [0.25, 0.3) is 0 Å². The van der Waals surface area contributed by atoms with E-state index in [0.29, 0.717) is 19.5 Å². The highest BCUT2D eigenvalue weighted by molar-refractivity contribution is 5.74. The van der Waals surface area contributed by atoms with Gasteiger partial charge >= 0.3 is 6.03 Å². The van der Waals surface area contributed by atoms with Gasteiger partial charge < -0.3 is 15.3 Å². The molecule has 0 aromatic heterocycles. The molecule has 2 N–H and O–H groups in total. The summed E-state index contributed by atoms with van der Waals surface area (Å²) in [7, 11) is 0. The van der Waals surface area contributed by atoms with Crippen LogP contribution >= 0.6 is 0 Å². The Morgan fingerprint density at radius 3 is 2.32 bits per heavy atom. The highest BCUT2D eigenvalue weighted by Crippen LogP contribution is 2.21. The minimum atomic E-state index is -0.363. The lowest BCUT2D eigenvalue weighted by Crippen LogP contribution is -2.46. The first-order valence-corrected chi connectivity index (χ1v) is 7.98. The lowest BCUT2D eigenvalue weighted by Gasteiger charge is -2.31. The summed E-state index contributed by atoms with van der Waals surface area (Å²) in [6.07, 6.45) is 0.297. The van der Waals surface area contributed by atoms with E-state index in [2.05, 4.69) is 19.2 Å². The summed E-state index contributed by atoms with van der Waals surface area (Å²) in [6.45, 7) is 11.1. The molecule has 0 spiro atoms. The Morgan fingerprint density at radius 1 is 1.23 bits per heavy atom. The molecule has 0 aliphatic rings. The van der Waals surface area contributed by atoms with Crippen LogP contribution in [0.4, 0.5) is 4.79 Å². The van der Waals surface area contributed by atoms with Crippen molar-refractivity contribution in [3.8, 4) is 0 Å². The van der Waals surface area contributed by atoms with Gasteiger partial charge in [-0.25, -0.2) is 4.79 Å². The molecule has 0 bridgehead atoms. The molecular formula is C18H30N2O2. The number of urea groups is 1. The summed E-state index contributed by atoms with van der Waals surface area (Å²) < 4.78 is 0. The standard InChI is InChI=1S/C18H30N2O2/c1-14(2)20(12-16-9-7-6-8-10-16)17(22)19-13-18(4,5)11-15(3)21/h6-10,14-15,21H,11-13H2,1-5H3,(H,19,22). The van der Waals surface area contributed by atoms with E-state index in [4.69, 9.17) is 0 Å². The van der Waals surface area contributed by atoms with Crippen LogP contribution in [0.3, 0.4) is 0 Å². The molecule has 4 nitrogen and oxygen atoms in total. The molecule has 4 heteroatoms. The van der Waals surface area contributed by atoms with Crippen molar-refractivity contribution < 1.29 is 9.90 Å². The summed E-state index contributed by atoms with van der Waals surface area (Å²) in [4.78, 5) is 14.3. The Morgan fingerprint density at radius 2 is 1.82 bits per heavy atom. The zero-order chi connectivity index (χ0) is 16.8. The molecule has 0 saturated heterocycles. The van der Waals surface area contributed by atoms with E-state index in [1.54, 1.807) is 6.92 Å². The molecule has 2 amide bonds. The number of aliphatic hydroxyl groups is 1. The first kappa shape index (κ1) is 18.5. The van der Waals surface area contributed by atoms with E-state index in [9.17, 15) is 9.90 Å². The van der Waals surface area contributed by atoms with Gasteiger partial charge in [0.2, 0.25) is 0 Å². The van der Waals surface area contributed by atoms with Crippen molar-refractivity contribution in [2.75, 3.05) is 6.54 Å². The molecule has 0 fully saturated rings. The van der Waals surface area contributed by atoms with Gasteiger partial charge in [0.25, 0.3) is 0 Å². The number of amides is 2. The predicted octanol–water partition coefficient (Wildman–Crippen LogP) is 3.40. The summed E-state index contributed by atoms with van der Waals surface area (Å²) in [5.41, 5.74) is 0.994. The molecule has 0 aliphatic carbocycles. The van der Waals surface area contributed by atoms with Gasteiger partial charge in [0, 0.05) is 19.1 Å². The van der Waals surface area contributed by atoms with Crippen molar-refractivity contribution in [2.24, 2.45) is 5.41 Å². The molecule has 1 atom stereocenters. The summed E-state index contributed by atoms with van der Waals surface area (Å²) in [6, 6.07) is 10.1. The van der Waals surface area contributed by atoms with Gasteiger partial charge in [-0.05, 0) is 38.2 Å². The van der Waals surface area contributed by atoms with Gasteiger partial charge in [0.05, 0.1) is 6.10 Å². The first-order chi connectivity index (χ1) is 10.2. The van der Waals surface area contributed by atoms with E-state index in [1.165, 1.54) is 0 Å². The Labute approximate surface area is 134 Å². The van der Waals surface area contributed by atoms with Crippen LogP contribution < -0.4 is 5.32 Å². The summed E-state index contributed by atoms with van der Waals surface area (Å²) in [5.74, 6) is 0. The largest absolute Gasteiger partial charge is 0.393 e. The third-order valence-corrected chi connectivity index (χ3v) is 3.65. The molecule has 1 rings (SSSR count). The Bertz CT molecular complexity index is 455. The van der Waals surface area contributed by atoms with E-state index in [0.717, 1.165) is 5.56 Å². The normalized spacial score (nSPS) is 13.0. The second kappa shape index (κ2) is 8.18. The highest BCUT2D eigenvalue weighted by Gasteiger charge is 2.23. The van der Waals surface area contributed by atoms with Crippen molar-refractivity contribution in [2.45, 2.75) is 59.7 Å². The smallest absolute Gasteiger partial charge is 0.317 e. The third kappa shape index (κ3) is 6.48. The summed E-state index contributed by atoms with van der Waals surface area (Å²) >= 11 is 0. The maximum atomic E-state index is 12.5. The van der Waals surface area contributed by atoms with Crippen LogP contribution in [0.15, 0.2) is 30.3 Å². The molecule has 1 unspecified atom stereocenters. The second-order valence-electron chi connectivity index (χ2n) is 7.08. The molecule has 0 aliphatic heterocycles. The highest BCUT2D eigenvalue weighted by atomic mass is 16.3. The number of hydrogen-bond donors (Lipinski definition) is 2. The van der Waals surface area contributed by atoms with Gasteiger partial charge in [-0.3, -0.25) is 0 Å². The molecule has 22 heavy (non-hydrogen) atoms. The quantitative estimate of drug-likeness (QED) is 0.811. The molecule has 124 valence electrons. The Hall–Kier alpha value is -1.55. The van der Waals surface area contributed by atoms with Crippen LogP contribution in [0.2, 0.25) is 0 Å². The molecule has 1 aromatic rings. The van der Waals surface area contributed by atoms with E-state index in [-0.39, 0.29) is 23.6 Å². The van der Waals surface area contributed by atoms with Crippen LogP contribution in [-0.4, -0.2) is 34.7 Å². The van der Waals surface area contributed by atoms with Gasteiger partial charge in [-0.1, -0.05) is 44.2 Å². The number of aliphatic hydroxyl groups excluding tert-OH is 1. The Balaban J connectivity index is 2.62. The number of carbonyl (C=O) groups is 1. The zero-order valence-electron chi connectivity index (χ0n) is 14.5. The Kier molecular flexibility index (Phi) is 6.88. The number of carbonyl (C=O) groups excluding carboxylic acids is 1. The number of rotatable bonds is 7. The minimum absolute atomic E-state index is 0.0579. The lowest BCUT2D eigenvalue weighted by atomic mass is 9.87. The fraction of sp³-hybridized carbons (Fsp3) is 0.611. The molecule has 0 heterocycles. The topological polar surface area (TPSA) is 52.6 Å². The maximum absolute atomic E-state index is 12.5. The van der Waals surface area contributed by atoms with Crippen LogP contribution in [0.5, 0.6) is 0 Å². The zero-order valence-corrected chi connectivity index (χ0v) is 14.5. The van der Waals surface area contributed by atoms with Gasteiger partial charge in [0.1, 0.15) is 0 Å². The van der Waals surface area contributed by atoms with Crippen molar-refractivity contribution >= 4 is 6.03 Å². The number of nitrogens with zero attached hydrogens (tertiary/aromatic N) is 1. The average Bonchev–Trinajstić information content (AvgIpc) is 2.42. The van der Waals surface area contributed by atoms with Crippen molar-refractivity contribution in [3.63, 3.8) is 0 Å². The fourth-order valence-electron chi connectivity index (χ4n) is 2.56.